The largest absolute Gasteiger partial charge is 0.475 e. The van der Waals surface area contributed by atoms with Gasteiger partial charge < -0.3 is 14.4 Å². The topological polar surface area (TPSA) is 86.6 Å². The van der Waals surface area contributed by atoms with E-state index in [0.29, 0.717) is 42.3 Å². The monoisotopic (exact) mass is 408 g/mol. The molecule has 27 heavy (non-hydrogen) atoms. The number of carbonyl (C=O) groups is 1. The molecule has 0 N–H and O–H groups in total. The second kappa shape index (κ2) is 7.87. The van der Waals surface area contributed by atoms with Gasteiger partial charge in [-0.05, 0) is 6.07 Å². The fourth-order valence-electron chi connectivity index (χ4n) is 2.97. The van der Waals surface area contributed by atoms with E-state index in [9.17, 15) is 9.59 Å². The first-order valence-electron chi connectivity index (χ1n) is 8.49. The van der Waals surface area contributed by atoms with E-state index >= 15 is 0 Å². The minimum absolute atomic E-state index is 0.0992. The van der Waals surface area contributed by atoms with E-state index in [0.717, 1.165) is 5.75 Å². The predicted octanol–water partition coefficient (Wildman–Crippen LogP) is 1.32. The van der Waals surface area contributed by atoms with Crippen molar-refractivity contribution in [1.82, 2.24) is 19.4 Å². The molecule has 0 aliphatic carbocycles. The van der Waals surface area contributed by atoms with Crippen LogP contribution in [0.15, 0.2) is 34.5 Å². The van der Waals surface area contributed by atoms with Crippen molar-refractivity contribution in [3.63, 3.8) is 0 Å². The number of halogens is 1. The smallest absolute Gasteiger partial charge is 0.267 e. The Morgan fingerprint density at radius 3 is 3.04 bits per heavy atom. The Morgan fingerprint density at radius 2 is 2.22 bits per heavy atom. The number of rotatable bonds is 4. The van der Waals surface area contributed by atoms with Crippen LogP contribution in [-0.2, 0) is 11.3 Å². The third-order valence-electron chi connectivity index (χ3n) is 4.33. The molecule has 2 aliphatic rings. The van der Waals surface area contributed by atoms with Gasteiger partial charge in [0.15, 0.2) is 5.16 Å². The quantitative estimate of drug-likeness (QED) is 0.705. The van der Waals surface area contributed by atoms with Gasteiger partial charge in [-0.3, -0.25) is 14.2 Å². The van der Waals surface area contributed by atoms with Gasteiger partial charge in [0, 0.05) is 37.3 Å². The molecule has 2 aliphatic heterocycles. The van der Waals surface area contributed by atoms with Crippen molar-refractivity contribution in [2.24, 2.45) is 0 Å². The first kappa shape index (κ1) is 18.3. The first-order chi connectivity index (χ1) is 13.1. The second-order valence-corrected chi connectivity index (χ2v) is 7.63. The number of hydrogen-bond donors (Lipinski definition) is 0. The van der Waals surface area contributed by atoms with E-state index in [1.807, 2.05) is 0 Å². The van der Waals surface area contributed by atoms with Gasteiger partial charge in [0.25, 0.3) is 11.5 Å². The van der Waals surface area contributed by atoms with Crippen LogP contribution in [0.4, 0.5) is 0 Å². The third-order valence-corrected chi connectivity index (χ3v) is 5.52. The summed E-state index contributed by atoms with van der Waals surface area (Å²) in [5, 5.41) is 1.20. The summed E-state index contributed by atoms with van der Waals surface area (Å²) in [5.74, 6) is 0.915. The Labute approximate surface area is 164 Å². The summed E-state index contributed by atoms with van der Waals surface area (Å²) in [7, 11) is 0. The lowest BCUT2D eigenvalue weighted by atomic mass is 10.2. The maximum absolute atomic E-state index is 12.8. The van der Waals surface area contributed by atoms with Crippen LogP contribution in [0.5, 0.6) is 5.88 Å². The molecule has 0 bridgehead atoms. The molecule has 1 saturated heterocycles. The molecule has 0 saturated carbocycles. The molecule has 1 unspecified atom stereocenters. The Hall–Kier alpha value is -2.10. The van der Waals surface area contributed by atoms with Crippen LogP contribution in [0, 0.1) is 0 Å². The van der Waals surface area contributed by atoms with E-state index in [2.05, 4.69) is 9.97 Å². The standard InChI is InChI=1S/C17H17ClN4O4S/c18-11-1-2-14(19-7-11)26-10-12-9-21(3-5-25-12)15(23)13-8-20-17-22(16(13)24)4-6-27-17/h1-2,7-8,12H,3-6,9-10H2. The summed E-state index contributed by atoms with van der Waals surface area (Å²) >= 11 is 7.32. The number of aromatic nitrogens is 3. The number of hydrogen-bond acceptors (Lipinski definition) is 7. The van der Waals surface area contributed by atoms with E-state index in [-0.39, 0.29) is 29.7 Å². The molecule has 0 aromatic carbocycles. The fourth-order valence-corrected chi connectivity index (χ4v) is 3.99. The van der Waals surface area contributed by atoms with Crippen LogP contribution >= 0.6 is 23.4 Å². The molecular weight excluding hydrogens is 392 g/mol. The third kappa shape index (κ3) is 3.95. The molecule has 4 heterocycles. The van der Waals surface area contributed by atoms with E-state index < -0.39 is 0 Å². The highest BCUT2D eigenvalue weighted by Crippen LogP contribution is 2.21. The van der Waals surface area contributed by atoms with Crippen molar-refractivity contribution < 1.29 is 14.3 Å². The zero-order valence-electron chi connectivity index (χ0n) is 14.3. The Balaban J connectivity index is 1.41. The van der Waals surface area contributed by atoms with Crippen LogP contribution in [0.2, 0.25) is 5.02 Å². The molecule has 1 fully saturated rings. The Kier molecular flexibility index (Phi) is 5.33. The first-order valence-corrected chi connectivity index (χ1v) is 9.86. The van der Waals surface area contributed by atoms with E-state index in [1.165, 1.54) is 24.2 Å². The van der Waals surface area contributed by atoms with Crippen LogP contribution in [0.3, 0.4) is 0 Å². The average molecular weight is 409 g/mol. The summed E-state index contributed by atoms with van der Waals surface area (Å²) in [6, 6.07) is 3.36. The summed E-state index contributed by atoms with van der Waals surface area (Å²) in [6.45, 7) is 1.97. The highest BCUT2D eigenvalue weighted by Gasteiger charge is 2.29. The summed E-state index contributed by atoms with van der Waals surface area (Å²) in [6.07, 6.45) is 2.58. The number of fused-ring (bicyclic) bond motifs is 1. The number of morpholine rings is 1. The zero-order valence-corrected chi connectivity index (χ0v) is 15.9. The molecule has 1 atom stereocenters. The SMILES string of the molecule is O=C(c1cnc2n(c1=O)CCS2)N1CCOC(COc2ccc(Cl)cn2)C1. The van der Waals surface area contributed by atoms with Crippen molar-refractivity contribution in [1.29, 1.82) is 0 Å². The highest BCUT2D eigenvalue weighted by atomic mass is 35.5. The number of pyridine rings is 1. The minimum Gasteiger partial charge on any atom is -0.475 e. The number of thioether (sulfide) groups is 1. The van der Waals surface area contributed by atoms with Crippen LogP contribution in [-0.4, -0.2) is 63.5 Å². The number of ether oxygens (including phenoxy) is 2. The molecule has 142 valence electrons. The zero-order chi connectivity index (χ0) is 18.8. The van der Waals surface area contributed by atoms with Gasteiger partial charge in [-0.15, -0.1) is 0 Å². The summed E-state index contributed by atoms with van der Waals surface area (Å²) in [4.78, 5) is 35.3. The Bertz CT molecular complexity index is 905. The summed E-state index contributed by atoms with van der Waals surface area (Å²) < 4.78 is 12.8. The molecule has 0 spiro atoms. The molecule has 2 aromatic heterocycles. The van der Waals surface area contributed by atoms with Crippen molar-refractivity contribution in [2.45, 2.75) is 17.8 Å². The lowest BCUT2D eigenvalue weighted by Crippen LogP contribution is -2.49. The number of carbonyl (C=O) groups excluding carboxylic acids is 1. The molecule has 10 heteroatoms. The maximum atomic E-state index is 12.8. The van der Waals surface area contributed by atoms with Crippen LogP contribution in [0.1, 0.15) is 10.4 Å². The number of nitrogens with zero attached hydrogens (tertiary/aromatic N) is 4. The maximum Gasteiger partial charge on any atom is 0.267 e. The van der Waals surface area contributed by atoms with Crippen LogP contribution < -0.4 is 10.3 Å². The normalized spacial score (nSPS) is 19.0. The van der Waals surface area contributed by atoms with Gasteiger partial charge >= 0.3 is 0 Å². The van der Waals surface area contributed by atoms with Crippen molar-refractivity contribution in [2.75, 3.05) is 32.1 Å². The van der Waals surface area contributed by atoms with Gasteiger partial charge in [-0.2, -0.15) is 0 Å². The summed E-state index contributed by atoms with van der Waals surface area (Å²) in [5.41, 5.74) is -0.179. The molecule has 4 rings (SSSR count). The van der Waals surface area contributed by atoms with Crippen molar-refractivity contribution in [3.05, 3.63) is 45.5 Å². The minimum atomic E-state index is -0.322. The van der Waals surface area contributed by atoms with E-state index in [1.54, 1.807) is 21.6 Å². The van der Waals surface area contributed by atoms with Gasteiger partial charge in [0.1, 0.15) is 18.3 Å². The molecule has 1 amide bonds. The van der Waals surface area contributed by atoms with Gasteiger partial charge in [0.05, 0.1) is 18.2 Å². The molecule has 2 aromatic rings. The predicted molar refractivity (Wildman–Crippen MR) is 99.6 cm³/mol. The van der Waals surface area contributed by atoms with Gasteiger partial charge in [-0.25, -0.2) is 9.97 Å². The van der Waals surface area contributed by atoms with Crippen LogP contribution in [0.25, 0.3) is 0 Å². The fraction of sp³-hybridized carbons (Fsp3) is 0.412. The lowest BCUT2D eigenvalue weighted by molar-refractivity contribution is -0.0407. The average Bonchev–Trinajstić information content (AvgIpc) is 3.17. The van der Waals surface area contributed by atoms with Gasteiger partial charge in [0.2, 0.25) is 5.88 Å². The highest BCUT2D eigenvalue weighted by molar-refractivity contribution is 7.99. The molecule has 8 nitrogen and oxygen atoms in total. The number of amides is 1. The Morgan fingerprint density at radius 1 is 1.33 bits per heavy atom. The van der Waals surface area contributed by atoms with Crippen molar-refractivity contribution in [3.8, 4) is 5.88 Å². The van der Waals surface area contributed by atoms with Crippen molar-refractivity contribution >= 4 is 29.3 Å². The van der Waals surface area contributed by atoms with E-state index in [4.69, 9.17) is 21.1 Å². The molecular formula is C17H17ClN4O4S. The molecule has 0 radical (unpaired) electrons. The second-order valence-electron chi connectivity index (χ2n) is 6.13. The lowest BCUT2D eigenvalue weighted by Gasteiger charge is -2.32. The van der Waals surface area contributed by atoms with Gasteiger partial charge in [-0.1, -0.05) is 23.4 Å².